The fourth-order valence-corrected chi connectivity index (χ4v) is 6.77. The molecular formula is C23H30O5. The lowest BCUT2D eigenvalue weighted by atomic mass is 9.48. The normalized spacial score (nSPS) is 41.5. The van der Waals surface area contributed by atoms with Crippen molar-refractivity contribution < 1.29 is 24.2 Å². The summed E-state index contributed by atoms with van der Waals surface area (Å²) in [6.45, 7) is 4.56. The average Bonchev–Trinajstić information content (AvgIpc) is 2.97. The zero-order valence-corrected chi connectivity index (χ0v) is 16.8. The molecule has 0 aromatic rings. The first kappa shape index (κ1) is 19.4. The fraction of sp³-hybridized carbons (Fsp3) is 0.696. The highest BCUT2D eigenvalue weighted by atomic mass is 16.5. The summed E-state index contributed by atoms with van der Waals surface area (Å²) in [6.07, 6.45) is 11.5. The van der Waals surface area contributed by atoms with Crippen LogP contribution >= 0.6 is 0 Å². The molecule has 4 rings (SSSR count). The van der Waals surface area contributed by atoms with Crippen LogP contribution in [0.15, 0.2) is 23.8 Å². The zero-order valence-electron chi connectivity index (χ0n) is 16.8. The number of carbonyl (C=O) groups is 3. The molecule has 3 fully saturated rings. The SMILES string of the molecule is C[C@]12C=CC(=O)C=C1CCC1C2CC[C@@]2(C)C1CC[C@@H]2OC(=O)CCC(=O)O. The minimum Gasteiger partial charge on any atom is -0.481 e. The molecule has 0 aliphatic heterocycles. The van der Waals surface area contributed by atoms with Gasteiger partial charge >= 0.3 is 11.9 Å². The maximum atomic E-state index is 12.1. The number of ketones is 1. The second kappa shape index (κ2) is 6.85. The molecule has 152 valence electrons. The molecule has 0 heterocycles. The highest BCUT2D eigenvalue weighted by molar-refractivity contribution is 6.01. The Kier molecular flexibility index (Phi) is 4.75. The van der Waals surface area contributed by atoms with Crippen molar-refractivity contribution in [3.63, 3.8) is 0 Å². The van der Waals surface area contributed by atoms with Crippen LogP contribution in [0.1, 0.15) is 65.2 Å². The molecule has 4 aliphatic rings. The molecule has 0 amide bonds. The number of carboxylic acids is 1. The zero-order chi connectivity index (χ0) is 20.1. The number of fused-ring (bicyclic) bond motifs is 5. The lowest BCUT2D eigenvalue weighted by molar-refractivity contribution is -0.161. The van der Waals surface area contributed by atoms with Gasteiger partial charge in [-0.15, -0.1) is 0 Å². The van der Waals surface area contributed by atoms with Crippen LogP contribution in [0.2, 0.25) is 0 Å². The van der Waals surface area contributed by atoms with Crippen LogP contribution in [0.3, 0.4) is 0 Å². The van der Waals surface area contributed by atoms with Crippen LogP contribution in [0.5, 0.6) is 0 Å². The Hall–Kier alpha value is -1.91. The molecule has 3 unspecified atom stereocenters. The molecule has 0 aromatic heterocycles. The van der Waals surface area contributed by atoms with Gasteiger partial charge in [0.15, 0.2) is 5.78 Å². The topological polar surface area (TPSA) is 80.7 Å². The van der Waals surface area contributed by atoms with Crippen molar-refractivity contribution >= 4 is 17.7 Å². The predicted molar refractivity (Wildman–Crippen MR) is 103 cm³/mol. The summed E-state index contributed by atoms with van der Waals surface area (Å²) in [6, 6.07) is 0. The molecule has 0 spiro atoms. The molecule has 5 nitrogen and oxygen atoms in total. The van der Waals surface area contributed by atoms with Crippen molar-refractivity contribution in [2.24, 2.45) is 28.6 Å². The van der Waals surface area contributed by atoms with E-state index in [-0.39, 0.29) is 41.5 Å². The Morgan fingerprint density at radius 2 is 1.93 bits per heavy atom. The van der Waals surface area contributed by atoms with Crippen LogP contribution in [-0.4, -0.2) is 28.9 Å². The van der Waals surface area contributed by atoms with E-state index < -0.39 is 5.97 Å². The third kappa shape index (κ3) is 3.03. The third-order valence-corrected chi connectivity index (χ3v) is 8.29. The number of aliphatic carboxylic acids is 1. The van der Waals surface area contributed by atoms with Crippen molar-refractivity contribution in [3.8, 4) is 0 Å². The van der Waals surface area contributed by atoms with Crippen molar-refractivity contribution in [3.05, 3.63) is 23.8 Å². The molecule has 0 bridgehead atoms. The third-order valence-electron chi connectivity index (χ3n) is 8.29. The monoisotopic (exact) mass is 386 g/mol. The van der Waals surface area contributed by atoms with E-state index in [4.69, 9.17) is 9.84 Å². The van der Waals surface area contributed by atoms with Gasteiger partial charge in [-0.05, 0) is 68.4 Å². The highest BCUT2D eigenvalue weighted by Crippen LogP contribution is 2.64. The van der Waals surface area contributed by atoms with Gasteiger partial charge in [0.1, 0.15) is 6.10 Å². The van der Waals surface area contributed by atoms with Crippen LogP contribution in [0, 0.1) is 28.6 Å². The Morgan fingerprint density at radius 3 is 2.68 bits per heavy atom. The number of allylic oxidation sites excluding steroid dienone is 4. The van der Waals surface area contributed by atoms with Crippen LogP contribution in [-0.2, 0) is 19.1 Å². The number of carboxylic acid groups (broad SMARTS) is 1. The van der Waals surface area contributed by atoms with E-state index in [1.807, 2.05) is 6.08 Å². The van der Waals surface area contributed by atoms with Gasteiger partial charge in [-0.3, -0.25) is 14.4 Å². The standard InChI is InChI=1S/C23H30O5/c1-22-11-9-15(24)13-14(22)3-4-16-17-5-6-19(23(17,2)12-10-18(16)22)28-21(27)8-7-20(25)26/h9,11,13,16-19H,3-8,10,12H2,1-2H3,(H,25,26)/t16?,17?,18?,19-,22-,23-/m0/s1. The number of hydrogen-bond acceptors (Lipinski definition) is 4. The molecule has 6 atom stereocenters. The van der Waals surface area contributed by atoms with E-state index in [1.165, 1.54) is 5.57 Å². The molecular weight excluding hydrogens is 356 g/mol. The minimum atomic E-state index is -0.966. The number of rotatable bonds is 4. The van der Waals surface area contributed by atoms with Gasteiger partial charge < -0.3 is 9.84 Å². The van der Waals surface area contributed by atoms with Crippen molar-refractivity contribution in [2.75, 3.05) is 0 Å². The fourth-order valence-electron chi connectivity index (χ4n) is 6.77. The molecule has 0 radical (unpaired) electrons. The smallest absolute Gasteiger partial charge is 0.306 e. The van der Waals surface area contributed by atoms with Gasteiger partial charge in [0.05, 0.1) is 12.8 Å². The van der Waals surface area contributed by atoms with Gasteiger partial charge in [-0.1, -0.05) is 25.5 Å². The highest BCUT2D eigenvalue weighted by Gasteiger charge is 2.59. The lowest BCUT2D eigenvalue weighted by Crippen LogP contribution is -2.51. The first-order chi connectivity index (χ1) is 13.2. The molecule has 4 aliphatic carbocycles. The van der Waals surface area contributed by atoms with E-state index in [1.54, 1.807) is 6.08 Å². The van der Waals surface area contributed by atoms with Gasteiger partial charge in [-0.25, -0.2) is 0 Å². The molecule has 0 aromatic carbocycles. The predicted octanol–water partition coefficient (Wildman–Crippen LogP) is 4.07. The first-order valence-corrected chi connectivity index (χ1v) is 10.6. The Morgan fingerprint density at radius 1 is 1.14 bits per heavy atom. The number of esters is 1. The van der Waals surface area contributed by atoms with Crippen LogP contribution in [0.25, 0.3) is 0 Å². The van der Waals surface area contributed by atoms with Gasteiger partial charge in [0.2, 0.25) is 0 Å². The molecule has 5 heteroatoms. The van der Waals surface area contributed by atoms with Crippen molar-refractivity contribution in [2.45, 2.75) is 71.3 Å². The summed E-state index contributed by atoms with van der Waals surface area (Å²) in [7, 11) is 0. The summed E-state index contributed by atoms with van der Waals surface area (Å²) < 4.78 is 5.79. The number of hydrogen-bond donors (Lipinski definition) is 1. The Labute approximate surface area is 166 Å². The van der Waals surface area contributed by atoms with Crippen LogP contribution < -0.4 is 0 Å². The molecule has 3 saturated carbocycles. The molecule has 1 N–H and O–H groups in total. The van der Waals surface area contributed by atoms with E-state index in [9.17, 15) is 14.4 Å². The quantitative estimate of drug-likeness (QED) is 0.737. The summed E-state index contributed by atoms with van der Waals surface area (Å²) in [5.41, 5.74) is 1.25. The molecule has 0 saturated heterocycles. The van der Waals surface area contributed by atoms with Gasteiger partial charge in [0.25, 0.3) is 0 Å². The largest absolute Gasteiger partial charge is 0.481 e. The Bertz CT molecular complexity index is 765. The van der Waals surface area contributed by atoms with E-state index >= 15 is 0 Å². The van der Waals surface area contributed by atoms with Gasteiger partial charge in [0, 0.05) is 10.8 Å². The summed E-state index contributed by atoms with van der Waals surface area (Å²) in [5, 5.41) is 8.79. The average molecular weight is 386 g/mol. The maximum Gasteiger partial charge on any atom is 0.306 e. The second-order valence-electron chi connectivity index (χ2n) is 9.60. The first-order valence-electron chi connectivity index (χ1n) is 10.6. The van der Waals surface area contributed by atoms with Crippen LogP contribution in [0.4, 0.5) is 0 Å². The van der Waals surface area contributed by atoms with Crippen molar-refractivity contribution in [1.29, 1.82) is 0 Å². The second-order valence-corrected chi connectivity index (χ2v) is 9.60. The summed E-state index contributed by atoms with van der Waals surface area (Å²) >= 11 is 0. The summed E-state index contributed by atoms with van der Waals surface area (Å²) in [5.74, 6) is 0.406. The van der Waals surface area contributed by atoms with E-state index in [2.05, 4.69) is 19.9 Å². The summed E-state index contributed by atoms with van der Waals surface area (Å²) in [4.78, 5) is 34.7. The molecule has 28 heavy (non-hydrogen) atoms. The number of ether oxygens (including phenoxy) is 1. The van der Waals surface area contributed by atoms with Crippen molar-refractivity contribution in [1.82, 2.24) is 0 Å². The van der Waals surface area contributed by atoms with E-state index in [0.29, 0.717) is 17.8 Å². The maximum absolute atomic E-state index is 12.1. The van der Waals surface area contributed by atoms with Gasteiger partial charge in [-0.2, -0.15) is 0 Å². The Balaban J connectivity index is 1.50. The number of carbonyl (C=O) groups excluding carboxylic acids is 2. The lowest BCUT2D eigenvalue weighted by Gasteiger charge is -2.56. The van der Waals surface area contributed by atoms with E-state index in [0.717, 1.165) is 38.5 Å². The minimum absolute atomic E-state index is 0.0194.